The van der Waals surface area contributed by atoms with Crippen LogP contribution < -0.4 is 4.76 Å². The monoisotopic (exact) mass is 219 g/mol. The zero-order valence-corrected chi connectivity index (χ0v) is 6.62. The van der Waals surface area contributed by atoms with Crippen LogP contribution in [0, 0.1) is 0 Å². The molecule has 0 atom stereocenters. The summed E-state index contributed by atoms with van der Waals surface area (Å²) in [7, 11) is 0. The molecule has 0 bridgehead atoms. The zero-order chi connectivity index (χ0) is 5.41. The maximum absolute atomic E-state index is 4.35. The van der Waals surface area contributed by atoms with Crippen LogP contribution in [-0.2, 0) is 3.83 Å². The van der Waals surface area contributed by atoms with Gasteiger partial charge in [0.1, 0.15) is 0 Å². The van der Waals surface area contributed by atoms with Crippen molar-refractivity contribution >= 4 is 32.4 Å². The summed E-state index contributed by atoms with van der Waals surface area (Å²) in [5.41, 5.74) is 0. The van der Waals surface area contributed by atoms with Gasteiger partial charge in [-0.15, -0.1) is 0 Å². The molecule has 40 valence electrons. The van der Waals surface area contributed by atoms with Crippen LogP contribution in [0.2, 0.25) is 0 Å². The van der Waals surface area contributed by atoms with Gasteiger partial charge in [-0.3, -0.25) is 4.76 Å². The van der Waals surface area contributed by atoms with Crippen molar-refractivity contribution in [1.82, 2.24) is 0 Å². The maximum Gasteiger partial charge on any atom is 0.0987 e. The summed E-state index contributed by atoms with van der Waals surface area (Å²) in [6.07, 6.45) is 0. The Labute approximate surface area is 54.8 Å². The van der Waals surface area contributed by atoms with Gasteiger partial charge in [0, 0.05) is 16.1 Å². The van der Waals surface area contributed by atoms with Crippen LogP contribution in [0.3, 0.4) is 0 Å². The van der Waals surface area contributed by atoms with Gasteiger partial charge in [0.15, 0.2) is 0 Å². The molecule has 0 aliphatic rings. The molecule has 0 saturated heterocycles. The first-order valence-corrected chi connectivity index (χ1v) is 2.93. The van der Waals surface area contributed by atoms with E-state index in [9.17, 15) is 0 Å². The third-order valence-corrected chi connectivity index (χ3v) is 0.567. The molecule has 0 saturated carbocycles. The second-order valence-corrected chi connectivity index (χ2v) is 0.856. The topological polar surface area (TPSA) is 35.2 Å². The maximum atomic E-state index is 4.35. The van der Waals surface area contributed by atoms with Crippen LogP contribution in [0.4, 0.5) is 0 Å². The molecule has 0 heterocycles. The van der Waals surface area contributed by atoms with E-state index in [0.29, 0.717) is 0 Å². The standard InChI is InChI=1S/C2H5BrO.BrH2N/c1-2-4-3;1-2/h2H2,1H3;2H2. The van der Waals surface area contributed by atoms with Gasteiger partial charge in [0.25, 0.3) is 0 Å². The van der Waals surface area contributed by atoms with Gasteiger partial charge in [-0.25, -0.2) is 0 Å². The molecule has 0 aromatic heterocycles. The largest absolute Gasteiger partial charge is 0.308 e. The molecule has 0 radical (unpaired) electrons. The van der Waals surface area contributed by atoms with E-state index in [1.54, 1.807) is 0 Å². The van der Waals surface area contributed by atoms with E-state index in [1.165, 1.54) is 0 Å². The summed E-state index contributed by atoms with van der Waals surface area (Å²) < 4.78 is 8.67. The summed E-state index contributed by atoms with van der Waals surface area (Å²) >= 11 is 5.19. The lowest BCUT2D eigenvalue weighted by molar-refractivity contribution is 0.426. The van der Waals surface area contributed by atoms with Crippen molar-refractivity contribution in [3.8, 4) is 0 Å². The van der Waals surface area contributed by atoms with Crippen molar-refractivity contribution < 1.29 is 3.83 Å². The molecule has 0 aliphatic carbocycles. The first-order valence-electron chi connectivity index (χ1n) is 1.37. The summed E-state index contributed by atoms with van der Waals surface area (Å²) in [6, 6.07) is 0. The zero-order valence-electron chi connectivity index (χ0n) is 3.45. The number of hydrogen-bond acceptors (Lipinski definition) is 2. The number of nitrogens with two attached hydrogens (primary N) is 1. The average molecular weight is 221 g/mol. The van der Waals surface area contributed by atoms with E-state index in [1.807, 2.05) is 6.92 Å². The minimum Gasteiger partial charge on any atom is -0.308 e. The summed E-state index contributed by atoms with van der Waals surface area (Å²) in [6.45, 7) is 2.65. The van der Waals surface area contributed by atoms with Crippen molar-refractivity contribution in [1.29, 1.82) is 0 Å². The molecular formula is C2H7Br2NO. The van der Waals surface area contributed by atoms with E-state index in [4.69, 9.17) is 0 Å². The highest BCUT2D eigenvalue weighted by molar-refractivity contribution is 9.07. The van der Waals surface area contributed by atoms with E-state index in [-0.39, 0.29) is 0 Å². The Balaban J connectivity index is 0. The Morgan fingerprint density at radius 1 is 1.67 bits per heavy atom. The van der Waals surface area contributed by atoms with Gasteiger partial charge in [0.05, 0.1) is 22.9 Å². The highest BCUT2D eigenvalue weighted by Gasteiger charge is 1.55. The molecule has 2 nitrogen and oxygen atoms in total. The lowest BCUT2D eigenvalue weighted by Gasteiger charge is -1.71. The lowest BCUT2D eigenvalue weighted by Crippen LogP contribution is -1.63. The Bertz CT molecular complexity index is 13.5. The first kappa shape index (κ1) is 9.99. The predicted molar refractivity (Wildman–Crippen MR) is 33.7 cm³/mol. The molecule has 0 aromatic rings. The van der Waals surface area contributed by atoms with Crippen molar-refractivity contribution in [2.75, 3.05) is 6.61 Å². The van der Waals surface area contributed by atoms with Gasteiger partial charge in [-0.05, 0) is 6.92 Å². The molecule has 4 heteroatoms. The highest BCUT2D eigenvalue weighted by Crippen LogP contribution is 1.76. The van der Waals surface area contributed by atoms with Crippen LogP contribution in [0.1, 0.15) is 6.92 Å². The van der Waals surface area contributed by atoms with Crippen LogP contribution in [-0.4, -0.2) is 6.61 Å². The molecule has 0 fully saturated rings. The summed E-state index contributed by atoms with van der Waals surface area (Å²) in [5, 5.41) is 0. The third kappa shape index (κ3) is 20.8. The quantitative estimate of drug-likeness (QED) is 0.682. The van der Waals surface area contributed by atoms with Crippen LogP contribution >= 0.6 is 32.4 Å². The van der Waals surface area contributed by atoms with Crippen LogP contribution in [0.15, 0.2) is 0 Å². The van der Waals surface area contributed by atoms with Gasteiger partial charge >= 0.3 is 0 Å². The molecule has 0 unspecified atom stereocenters. The Morgan fingerprint density at radius 3 is 1.83 bits per heavy atom. The van der Waals surface area contributed by atoms with Gasteiger partial charge in [0.2, 0.25) is 0 Å². The van der Waals surface area contributed by atoms with Crippen molar-refractivity contribution in [3.63, 3.8) is 0 Å². The number of rotatable bonds is 1. The molecule has 2 N–H and O–H groups in total. The van der Waals surface area contributed by atoms with Crippen LogP contribution in [0.25, 0.3) is 0 Å². The molecular weight excluding hydrogens is 214 g/mol. The molecule has 0 aromatic carbocycles. The van der Waals surface area contributed by atoms with Crippen LogP contribution in [0.5, 0.6) is 0 Å². The number of hydrogen-bond donors (Lipinski definition) is 1. The van der Waals surface area contributed by atoms with E-state index in [2.05, 4.69) is 41.0 Å². The molecule has 0 rings (SSSR count). The lowest BCUT2D eigenvalue weighted by atomic mass is 10.9. The van der Waals surface area contributed by atoms with E-state index >= 15 is 0 Å². The molecule has 6 heavy (non-hydrogen) atoms. The Kier molecular flexibility index (Phi) is 28.1. The SMILES string of the molecule is CCOBr.NBr. The van der Waals surface area contributed by atoms with Crippen molar-refractivity contribution in [2.45, 2.75) is 6.92 Å². The minimum atomic E-state index is 0.736. The highest BCUT2D eigenvalue weighted by atomic mass is 79.9. The number of halogens is 2. The Morgan fingerprint density at radius 2 is 1.83 bits per heavy atom. The molecule has 0 spiro atoms. The van der Waals surface area contributed by atoms with Gasteiger partial charge < -0.3 is 3.83 Å². The van der Waals surface area contributed by atoms with E-state index in [0.717, 1.165) is 6.61 Å². The average Bonchev–Trinajstić information content (AvgIpc) is 1.72. The second kappa shape index (κ2) is 16.9. The fourth-order valence-corrected chi connectivity index (χ4v) is 0. The summed E-state index contributed by atoms with van der Waals surface area (Å²) in [4.78, 5) is 0. The Hall–Kier alpha value is 0.880. The molecule has 0 aliphatic heterocycles. The summed E-state index contributed by atoms with van der Waals surface area (Å²) in [5.74, 6) is 0. The van der Waals surface area contributed by atoms with Gasteiger partial charge in [-0.2, -0.15) is 0 Å². The fourth-order valence-electron chi connectivity index (χ4n) is 0. The predicted octanol–water partition coefficient (Wildman–Crippen LogP) is 1.59. The third-order valence-electron chi connectivity index (χ3n) is 0.109. The second-order valence-electron chi connectivity index (χ2n) is 0.398. The normalized spacial score (nSPS) is 6.00. The minimum absolute atomic E-state index is 0.736. The fraction of sp³-hybridized carbons (Fsp3) is 1.00. The first-order chi connectivity index (χ1) is 2.91. The smallest absolute Gasteiger partial charge is 0.0987 e. The van der Waals surface area contributed by atoms with E-state index < -0.39 is 0 Å². The van der Waals surface area contributed by atoms with Gasteiger partial charge in [-0.1, -0.05) is 0 Å². The van der Waals surface area contributed by atoms with Crippen molar-refractivity contribution in [2.24, 2.45) is 4.76 Å². The van der Waals surface area contributed by atoms with Crippen molar-refractivity contribution in [3.05, 3.63) is 0 Å². The molecule has 0 amide bonds.